The van der Waals surface area contributed by atoms with Crippen molar-refractivity contribution in [1.29, 1.82) is 0 Å². The molecule has 1 atom stereocenters. The van der Waals surface area contributed by atoms with Gasteiger partial charge in [-0.3, -0.25) is 10.3 Å². The van der Waals surface area contributed by atoms with Gasteiger partial charge in [-0.25, -0.2) is 24.1 Å². The number of fused-ring (bicyclic) bond motifs is 2. The summed E-state index contributed by atoms with van der Waals surface area (Å²) in [6, 6.07) is 10.2. The highest BCUT2D eigenvalue weighted by atomic mass is 32.1. The summed E-state index contributed by atoms with van der Waals surface area (Å²) in [7, 11) is 1.54. The van der Waals surface area contributed by atoms with E-state index in [2.05, 4.69) is 25.3 Å². The minimum absolute atomic E-state index is 0.0332. The topological polar surface area (TPSA) is 108 Å². The number of ether oxygens (including phenoxy) is 3. The van der Waals surface area contributed by atoms with Crippen LogP contribution in [0.2, 0.25) is 0 Å². The standard InChI is InChI=1S/C26H22FN5O4S/c1-14-7-17(24-20(8-14)31-23(34-3)12-29-24)25-32-19-9-18(27)21(10-22(19)37-25)35-13-15(2)36-26(33)30-16-5-4-6-28-11-16/h4-12,15H,13H2,1-3H3,(H,30,33)/t15-/m1/s1. The van der Waals surface area contributed by atoms with Crippen molar-refractivity contribution in [2.75, 3.05) is 19.0 Å². The minimum Gasteiger partial charge on any atom is -0.487 e. The van der Waals surface area contributed by atoms with Gasteiger partial charge >= 0.3 is 6.09 Å². The van der Waals surface area contributed by atoms with Gasteiger partial charge in [0.15, 0.2) is 11.6 Å². The summed E-state index contributed by atoms with van der Waals surface area (Å²) in [5, 5.41) is 3.26. The van der Waals surface area contributed by atoms with Gasteiger partial charge in [0.25, 0.3) is 0 Å². The van der Waals surface area contributed by atoms with Crippen LogP contribution < -0.4 is 14.8 Å². The zero-order valence-corrected chi connectivity index (χ0v) is 21.0. The molecule has 0 aliphatic carbocycles. The van der Waals surface area contributed by atoms with E-state index in [0.717, 1.165) is 15.8 Å². The molecule has 5 rings (SSSR count). The fourth-order valence-corrected chi connectivity index (χ4v) is 4.67. The zero-order chi connectivity index (χ0) is 25.9. The number of carbonyl (C=O) groups excluding carboxylic acids is 1. The third-order valence-electron chi connectivity index (χ3n) is 5.34. The van der Waals surface area contributed by atoms with Crippen molar-refractivity contribution in [3.8, 4) is 22.2 Å². The van der Waals surface area contributed by atoms with Crippen molar-refractivity contribution in [3.05, 3.63) is 66.4 Å². The lowest BCUT2D eigenvalue weighted by molar-refractivity contribution is 0.0844. The van der Waals surface area contributed by atoms with Crippen molar-refractivity contribution in [1.82, 2.24) is 19.9 Å². The highest BCUT2D eigenvalue weighted by Crippen LogP contribution is 2.37. The van der Waals surface area contributed by atoms with Crippen LogP contribution in [0.3, 0.4) is 0 Å². The fraction of sp³-hybridized carbons (Fsp3) is 0.192. The average molecular weight is 520 g/mol. The lowest BCUT2D eigenvalue weighted by Gasteiger charge is -2.15. The Labute approximate surface area is 215 Å². The van der Waals surface area contributed by atoms with Crippen LogP contribution in [0.5, 0.6) is 11.6 Å². The Bertz CT molecular complexity index is 1600. The number of hydrogen-bond acceptors (Lipinski definition) is 9. The zero-order valence-electron chi connectivity index (χ0n) is 20.2. The molecule has 9 nitrogen and oxygen atoms in total. The Balaban J connectivity index is 1.33. The van der Waals surface area contributed by atoms with Crippen LogP contribution >= 0.6 is 11.3 Å². The molecular weight excluding hydrogens is 497 g/mol. The van der Waals surface area contributed by atoms with Crippen LogP contribution in [-0.2, 0) is 4.74 Å². The van der Waals surface area contributed by atoms with Crippen LogP contribution in [-0.4, -0.2) is 45.8 Å². The highest BCUT2D eigenvalue weighted by Gasteiger charge is 2.17. The number of nitrogens with zero attached hydrogens (tertiary/aromatic N) is 4. The van der Waals surface area contributed by atoms with Crippen LogP contribution in [0, 0.1) is 12.7 Å². The number of carbonyl (C=O) groups is 1. The predicted molar refractivity (Wildman–Crippen MR) is 139 cm³/mol. The summed E-state index contributed by atoms with van der Waals surface area (Å²) >= 11 is 1.39. The number of anilines is 1. The third kappa shape index (κ3) is 5.41. The van der Waals surface area contributed by atoms with E-state index >= 15 is 0 Å². The Morgan fingerprint density at radius 3 is 2.81 bits per heavy atom. The maximum absolute atomic E-state index is 14.8. The third-order valence-corrected chi connectivity index (χ3v) is 6.39. The largest absolute Gasteiger partial charge is 0.487 e. The van der Waals surface area contributed by atoms with Crippen molar-refractivity contribution >= 4 is 44.4 Å². The molecule has 0 aliphatic rings. The lowest BCUT2D eigenvalue weighted by Crippen LogP contribution is -2.25. The van der Waals surface area contributed by atoms with Gasteiger partial charge in [0.05, 0.1) is 46.4 Å². The number of thiazole rings is 1. The number of benzene rings is 2. The number of methoxy groups -OCH3 is 1. The summed E-state index contributed by atoms with van der Waals surface area (Å²) in [4.78, 5) is 29.6. The van der Waals surface area contributed by atoms with E-state index in [0.29, 0.717) is 33.1 Å². The van der Waals surface area contributed by atoms with E-state index in [4.69, 9.17) is 14.2 Å². The maximum atomic E-state index is 14.8. The molecule has 5 aromatic rings. The molecule has 37 heavy (non-hydrogen) atoms. The first-order valence-corrected chi connectivity index (χ1v) is 12.1. The summed E-state index contributed by atoms with van der Waals surface area (Å²) in [5.41, 5.74) is 4.16. The van der Waals surface area contributed by atoms with Gasteiger partial charge in [0, 0.05) is 23.9 Å². The van der Waals surface area contributed by atoms with E-state index < -0.39 is 18.0 Å². The molecule has 3 heterocycles. The van der Waals surface area contributed by atoms with Crippen LogP contribution in [0.1, 0.15) is 12.5 Å². The summed E-state index contributed by atoms with van der Waals surface area (Å²) in [6.45, 7) is 3.58. The molecular formula is C26H22FN5O4S. The Hall–Kier alpha value is -4.38. The highest BCUT2D eigenvalue weighted by molar-refractivity contribution is 7.21. The molecule has 0 spiro atoms. The molecule has 3 aromatic heterocycles. The van der Waals surface area contributed by atoms with E-state index in [1.54, 1.807) is 44.6 Å². The summed E-state index contributed by atoms with van der Waals surface area (Å²) < 4.78 is 31.7. The Morgan fingerprint density at radius 1 is 1.16 bits per heavy atom. The number of pyridine rings is 1. The first-order valence-electron chi connectivity index (χ1n) is 11.3. The first-order chi connectivity index (χ1) is 17.9. The average Bonchev–Trinajstić information content (AvgIpc) is 3.29. The molecule has 1 amide bonds. The monoisotopic (exact) mass is 519 g/mol. The molecule has 1 N–H and O–H groups in total. The number of nitrogens with one attached hydrogen (secondary N) is 1. The maximum Gasteiger partial charge on any atom is 0.412 e. The number of hydrogen-bond donors (Lipinski definition) is 1. The molecule has 0 saturated heterocycles. The van der Waals surface area contributed by atoms with Crippen molar-refractivity contribution in [2.24, 2.45) is 0 Å². The van der Waals surface area contributed by atoms with Gasteiger partial charge < -0.3 is 14.2 Å². The van der Waals surface area contributed by atoms with E-state index in [9.17, 15) is 9.18 Å². The molecule has 0 fully saturated rings. The summed E-state index contributed by atoms with van der Waals surface area (Å²) in [6.07, 6.45) is 3.37. The van der Waals surface area contributed by atoms with E-state index in [-0.39, 0.29) is 12.4 Å². The number of rotatable bonds is 7. The van der Waals surface area contributed by atoms with Gasteiger partial charge in [0.2, 0.25) is 5.88 Å². The molecule has 188 valence electrons. The number of aryl methyl sites for hydroxylation is 1. The normalized spacial score (nSPS) is 11.9. The van der Waals surface area contributed by atoms with Crippen LogP contribution in [0.4, 0.5) is 14.9 Å². The van der Waals surface area contributed by atoms with Gasteiger partial charge in [-0.2, -0.15) is 0 Å². The van der Waals surface area contributed by atoms with Gasteiger partial charge in [-0.05, 0) is 43.7 Å². The quantitative estimate of drug-likeness (QED) is 0.289. The van der Waals surface area contributed by atoms with E-state index in [1.807, 2.05) is 19.1 Å². The Kier molecular flexibility index (Phi) is 6.78. The van der Waals surface area contributed by atoms with Crippen molar-refractivity contribution in [2.45, 2.75) is 20.0 Å². The molecule has 0 saturated carbocycles. The van der Waals surface area contributed by atoms with Crippen molar-refractivity contribution in [3.63, 3.8) is 0 Å². The molecule has 2 aromatic carbocycles. The van der Waals surface area contributed by atoms with Gasteiger partial charge in [0.1, 0.15) is 17.7 Å². The fourth-order valence-electron chi connectivity index (χ4n) is 3.67. The van der Waals surface area contributed by atoms with Crippen molar-refractivity contribution < 1.29 is 23.4 Å². The molecule has 0 unspecified atom stereocenters. The number of halogens is 1. The van der Waals surface area contributed by atoms with Crippen LogP contribution in [0.15, 0.2) is 55.0 Å². The number of amides is 1. The smallest absolute Gasteiger partial charge is 0.412 e. The Morgan fingerprint density at radius 2 is 2.03 bits per heavy atom. The molecule has 0 radical (unpaired) electrons. The predicted octanol–water partition coefficient (Wildman–Crippen LogP) is 5.77. The second kappa shape index (κ2) is 10.3. The molecule has 11 heteroatoms. The second-order valence-electron chi connectivity index (χ2n) is 8.26. The SMILES string of the molecule is COc1cnc2c(-c3nc4cc(F)c(OC[C@@H](C)OC(=O)Nc5cccnc5)cc4s3)cc(C)cc2n1. The molecule has 0 aliphatic heterocycles. The number of aromatic nitrogens is 4. The minimum atomic E-state index is -0.654. The van der Waals surface area contributed by atoms with Gasteiger partial charge in [-0.15, -0.1) is 11.3 Å². The first kappa shape index (κ1) is 24.3. The second-order valence-corrected chi connectivity index (χ2v) is 9.29. The summed E-state index contributed by atoms with van der Waals surface area (Å²) in [5.74, 6) is -0.0931. The van der Waals surface area contributed by atoms with Crippen LogP contribution in [0.25, 0.3) is 31.8 Å². The lowest BCUT2D eigenvalue weighted by atomic mass is 10.1. The molecule has 0 bridgehead atoms. The van der Waals surface area contributed by atoms with E-state index in [1.165, 1.54) is 23.6 Å². The van der Waals surface area contributed by atoms with Gasteiger partial charge in [-0.1, -0.05) is 0 Å².